The molecule has 2 heterocycles. The van der Waals surface area contributed by atoms with E-state index in [2.05, 4.69) is 25.7 Å². The second-order valence-electron chi connectivity index (χ2n) is 5.43. The molecule has 1 amide bonds. The summed E-state index contributed by atoms with van der Waals surface area (Å²) >= 11 is 7.25. The predicted molar refractivity (Wildman–Crippen MR) is 107 cm³/mol. The quantitative estimate of drug-likeness (QED) is 0.374. The van der Waals surface area contributed by atoms with Crippen LogP contribution in [0.5, 0.6) is 0 Å². The third-order valence-electron chi connectivity index (χ3n) is 3.56. The van der Waals surface area contributed by atoms with Crippen LogP contribution in [0.4, 0.5) is 0 Å². The second kappa shape index (κ2) is 9.29. The van der Waals surface area contributed by atoms with Gasteiger partial charge in [-0.25, -0.2) is 5.43 Å². The van der Waals surface area contributed by atoms with Crippen LogP contribution in [-0.4, -0.2) is 37.6 Å². The molecule has 0 aliphatic heterocycles. The highest BCUT2D eigenvalue weighted by Crippen LogP contribution is 2.24. The van der Waals surface area contributed by atoms with Crippen LogP contribution >= 0.6 is 23.4 Å². The zero-order chi connectivity index (χ0) is 19.1. The van der Waals surface area contributed by atoms with Crippen LogP contribution in [0.2, 0.25) is 5.02 Å². The molecule has 9 heteroatoms. The van der Waals surface area contributed by atoms with Crippen LogP contribution in [0.15, 0.2) is 59.0 Å². The van der Waals surface area contributed by atoms with Gasteiger partial charge in [0, 0.05) is 35.1 Å². The first-order chi connectivity index (χ1) is 13.2. The number of rotatable bonds is 7. The fourth-order valence-electron chi connectivity index (χ4n) is 2.29. The average molecular weight is 401 g/mol. The van der Waals surface area contributed by atoms with Gasteiger partial charge in [0.15, 0.2) is 11.0 Å². The molecular weight excluding hydrogens is 384 g/mol. The lowest BCUT2D eigenvalue weighted by molar-refractivity contribution is -0.118. The molecule has 0 radical (unpaired) electrons. The predicted octanol–water partition coefficient (Wildman–Crippen LogP) is 3.26. The molecule has 7 nitrogen and oxygen atoms in total. The Hall–Kier alpha value is -2.71. The molecule has 1 N–H and O–H groups in total. The molecule has 0 aliphatic rings. The molecule has 0 atom stereocenters. The lowest BCUT2D eigenvalue weighted by Gasteiger charge is -2.07. The number of nitrogens with zero attached hydrogens (tertiary/aromatic N) is 5. The summed E-state index contributed by atoms with van der Waals surface area (Å²) in [6.45, 7) is 2.69. The van der Waals surface area contributed by atoms with Gasteiger partial charge in [0.2, 0.25) is 0 Å². The van der Waals surface area contributed by atoms with Crippen LogP contribution in [0.3, 0.4) is 0 Å². The number of benzene rings is 1. The van der Waals surface area contributed by atoms with Crippen LogP contribution < -0.4 is 5.43 Å². The standard InChI is InChI=1S/C18H17ClN6OS/c1-2-25-17(14-5-7-15(19)8-6-14)23-24-18(25)27-12-16(26)22-21-11-13-4-3-9-20-10-13/h3-11H,2,12H2,1H3,(H,22,26)/b21-11-. The number of aromatic nitrogens is 4. The molecule has 1 aromatic carbocycles. The van der Waals surface area contributed by atoms with Crippen molar-refractivity contribution >= 4 is 35.5 Å². The molecule has 0 aliphatic carbocycles. The summed E-state index contributed by atoms with van der Waals surface area (Å²) in [5, 5.41) is 13.7. The lowest BCUT2D eigenvalue weighted by Crippen LogP contribution is -2.20. The first-order valence-electron chi connectivity index (χ1n) is 8.21. The molecule has 0 saturated heterocycles. The Morgan fingerprint density at radius 1 is 1.30 bits per heavy atom. The number of hydrazone groups is 1. The number of carbonyl (C=O) groups excluding carboxylic acids is 1. The fourth-order valence-corrected chi connectivity index (χ4v) is 3.21. The maximum absolute atomic E-state index is 12.0. The fraction of sp³-hybridized carbons (Fsp3) is 0.167. The summed E-state index contributed by atoms with van der Waals surface area (Å²) in [6.07, 6.45) is 4.88. The Kier molecular flexibility index (Phi) is 6.56. The summed E-state index contributed by atoms with van der Waals surface area (Å²) in [7, 11) is 0. The van der Waals surface area contributed by atoms with Crippen molar-refractivity contribution in [1.29, 1.82) is 0 Å². The van der Waals surface area contributed by atoms with E-state index in [1.165, 1.54) is 11.8 Å². The number of carbonyl (C=O) groups is 1. The third-order valence-corrected chi connectivity index (χ3v) is 4.77. The average Bonchev–Trinajstić information content (AvgIpc) is 3.10. The minimum Gasteiger partial charge on any atom is -0.302 e. The molecule has 0 unspecified atom stereocenters. The van der Waals surface area contributed by atoms with Gasteiger partial charge in [0.05, 0.1) is 12.0 Å². The largest absolute Gasteiger partial charge is 0.302 e. The van der Waals surface area contributed by atoms with Crippen molar-refractivity contribution in [3.63, 3.8) is 0 Å². The monoisotopic (exact) mass is 400 g/mol. The Balaban J connectivity index is 1.60. The lowest BCUT2D eigenvalue weighted by atomic mass is 10.2. The van der Waals surface area contributed by atoms with Gasteiger partial charge in [-0.3, -0.25) is 9.78 Å². The number of thioether (sulfide) groups is 1. The molecule has 0 spiro atoms. The number of halogens is 1. The van der Waals surface area contributed by atoms with Crippen molar-refractivity contribution in [2.45, 2.75) is 18.6 Å². The first-order valence-corrected chi connectivity index (χ1v) is 9.57. The maximum Gasteiger partial charge on any atom is 0.250 e. The second-order valence-corrected chi connectivity index (χ2v) is 6.80. The van der Waals surface area contributed by atoms with E-state index in [1.807, 2.05) is 41.8 Å². The summed E-state index contributed by atoms with van der Waals surface area (Å²) in [5.74, 6) is 0.703. The van der Waals surface area contributed by atoms with Crippen LogP contribution in [-0.2, 0) is 11.3 Å². The van der Waals surface area contributed by atoms with Crippen molar-refractivity contribution in [2.24, 2.45) is 5.10 Å². The van der Waals surface area contributed by atoms with E-state index in [1.54, 1.807) is 24.7 Å². The van der Waals surface area contributed by atoms with Gasteiger partial charge in [-0.05, 0) is 37.3 Å². The number of hydrogen-bond acceptors (Lipinski definition) is 6. The number of amides is 1. The third kappa shape index (κ3) is 5.15. The zero-order valence-electron chi connectivity index (χ0n) is 14.5. The van der Waals surface area contributed by atoms with E-state index in [4.69, 9.17) is 11.6 Å². The van der Waals surface area contributed by atoms with Crippen LogP contribution in [0.25, 0.3) is 11.4 Å². The SMILES string of the molecule is CCn1c(SCC(=O)N/N=C\c2cccnc2)nnc1-c1ccc(Cl)cc1. The van der Waals surface area contributed by atoms with Crippen molar-refractivity contribution in [3.8, 4) is 11.4 Å². The van der Waals surface area contributed by atoms with Gasteiger partial charge in [-0.1, -0.05) is 29.4 Å². The Morgan fingerprint density at radius 2 is 2.11 bits per heavy atom. The topological polar surface area (TPSA) is 85.1 Å². The zero-order valence-corrected chi connectivity index (χ0v) is 16.1. The van der Waals surface area contributed by atoms with Gasteiger partial charge >= 0.3 is 0 Å². The minimum absolute atomic E-state index is 0.184. The normalized spacial score (nSPS) is 11.0. The van der Waals surface area contributed by atoms with Crippen molar-refractivity contribution in [2.75, 3.05) is 5.75 Å². The van der Waals surface area contributed by atoms with Gasteiger partial charge in [-0.2, -0.15) is 5.10 Å². The molecule has 3 rings (SSSR count). The minimum atomic E-state index is -0.223. The Morgan fingerprint density at radius 3 is 2.81 bits per heavy atom. The van der Waals surface area contributed by atoms with Crippen LogP contribution in [0.1, 0.15) is 12.5 Å². The first kappa shape index (κ1) is 19.1. The molecule has 3 aromatic rings. The van der Waals surface area contributed by atoms with Gasteiger partial charge < -0.3 is 4.57 Å². The summed E-state index contributed by atoms with van der Waals surface area (Å²) in [5.41, 5.74) is 4.22. The van der Waals surface area contributed by atoms with E-state index >= 15 is 0 Å². The summed E-state index contributed by atoms with van der Waals surface area (Å²) < 4.78 is 1.96. The Bertz CT molecular complexity index is 927. The van der Waals surface area contributed by atoms with E-state index in [9.17, 15) is 4.79 Å². The number of pyridine rings is 1. The molecule has 138 valence electrons. The molecule has 27 heavy (non-hydrogen) atoms. The van der Waals surface area contributed by atoms with Crippen molar-refractivity contribution < 1.29 is 4.79 Å². The van der Waals surface area contributed by atoms with Gasteiger partial charge in [0.25, 0.3) is 5.91 Å². The van der Waals surface area contributed by atoms with E-state index in [0.29, 0.717) is 16.7 Å². The van der Waals surface area contributed by atoms with Gasteiger partial charge in [0.1, 0.15) is 0 Å². The van der Waals surface area contributed by atoms with E-state index in [-0.39, 0.29) is 11.7 Å². The van der Waals surface area contributed by atoms with Crippen molar-refractivity contribution in [1.82, 2.24) is 25.2 Å². The molecule has 0 saturated carbocycles. The van der Waals surface area contributed by atoms with E-state index < -0.39 is 0 Å². The highest BCUT2D eigenvalue weighted by atomic mass is 35.5. The molecule has 2 aromatic heterocycles. The van der Waals surface area contributed by atoms with Crippen molar-refractivity contribution in [3.05, 3.63) is 59.4 Å². The molecule has 0 bridgehead atoms. The number of hydrogen-bond donors (Lipinski definition) is 1. The van der Waals surface area contributed by atoms with Crippen LogP contribution in [0, 0.1) is 0 Å². The molecule has 0 fully saturated rings. The van der Waals surface area contributed by atoms with E-state index in [0.717, 1.165) is 17.0 Å². The molecular formula is C18H17ClN6OS. The summed E-state index contributed by atoms with van der Waals surface area (Å²) in [6, 6.07) is 11.1. The highest BCUT2D eigenvalue weighted by Gasteiger charge is 2.14. The smallest absolute Gasteiger partial charge is 0.250 e. The Labute approximate surface area is 165 Å². The summed E-state index contributed by atoms with van der Waals surface area (Å²) in [4.78, 5) is 16.0. The van der Waals surface area contributed by atoms with Gasteiger partial charge in [-0.15, -0.1) is 10.2 Å². The maximum atomic E-state index is 12.0. The number of nitrogens with one attached hydrogen (secondary N) is 1. The highest BCUT2D eigenvalue weighted by molar-refractivity contribution is 7.99.